The zero-order chi connectivity index (χ0) is 14.7. The number of Topliss-reactive ketones (excluding diaryl/α,β-unsaturated/α-hetero) is 1. The molecule has 5 nitrogen and oxygen atoms in total. The highest BCUT2D eigenvalue weighted by molar-refractivity contribution is 6.29. The fourth-order valence-corrected chi connectivity index (χ4v) is 2.10. The fourth-order valence-electron chi connectivity index (χ4n) is 1.90. The van der Waals surface area contributed by atoms with Crippen molar-refractivity contribution in [2.24, 2.45) is 0 Å². The number of nitrogens with one attached hydrogen (secondary N) is 2. The molecule has 0 atom stereocenters. The fraction of sp³-hybridized carbons (Fsp3) is 0.143. The van der Waals surface area contributed by atoms with E-state index in [0.717, 1.165) is 5.56 Å². The van der Waals surface area contributed by atoms with E-state index in [0.29, 0.717) is 17.9 Å². The number of para-hydroxylation sites is 1. The van der Waals surface area contributed by atoms with Gasteiger partial charge in [0.25, 0.3) is 5.56 Å². The van der Waals surface area contributed by atoms with Gasteiger partial charge < -0.3 is 16.0 Å². The number of carbonyl (C=O) groups is 1. The highest BCUT2D eigenvalue weighted by Crippen LogP contribution is 2.18. The molecule has 6 heteroatoms. The number of aromatic nitrogens is 1. The predicted octanol–water partition coefficient (Wildman–Crippen LogP) is 2.43. The number of aromatic amines is 1. The molecule has 1 aromatic heterocycles. The van der Waals surface area contributed by atoms with E-state index in [1.54, 1.807) is 6.07 Å². The number of pyridine rings is 1. The van der Waals surface area contributed by atoms with Crippen LogP contribution in [0.1, 0.15) is 22.8 Å². The Morgan fingerprint density at radius 2 is 2.10 bits per heavy atom. The lowest BCUT2D eigenvalue weighted by Crippen LogP contribution is -2.19. The summed E-state index contributed by atoms with van der Waals surface area (Å²) >= 11 is 5.81. The number of H-pyrrole nitrogens is 1. The number of carbonyl (C=O) groups excluding carboxylic acids is 1. The Morgan fingerprint density at radius 1 is 1.40 bits per heavy atom. The second-order valence-corrected chi connectivity index (χ2v) is 4.75. The van der Waals surface area contributed by atoms with Crippen LogP contribution < -0.4 is 16.6 Å². The first kappa shape index (κ1) is 14.1. The molecule has 0 aliphatic rings. The highest BCUT2D eigenvalue weighted by atomic mass is 35.5. The topological polar surface area (TPSA) is 88.0 Å². The Morgan fingerprint density at radius 3 is 2.75 bits per heavy atom. The predicted molar refractivity (Wildman–Crippen MR) is 80.3 cm³/mol. The smallest absolute Gasteiger partial charge is 0.262 e. The van der Waals surface area contributed by atoms with Gasteiger partial charge in [-0.3, -0.25) is 9.59 Å². The van der Waals surface area contributed by atoms with E-state index in [9.17, 15) is 9.59 Å². The van der Waals surface area contributed by atoms with Gasteiger partial charge in [0.2, 0.25) is 0 Å². The molecule has 0 saturated carbocycles. The van der Waals surface area contributed by atoms with Gasteiger partial charge in [-0.1, -0.05) is 29.8 Å². The number of nitrogens with two attached hydrogens (primary N) is 1. The van der Waals surface area contributed by atoms with Gasteiger partial charge in [-0.2, -0.15) is 0 Å². The van der Waals surface area contributed by atoms with Crippen LogP contribution in [0.5, 0.6) is 0 Å². The molecular formula is C14H14ClN3O2. The van der Waals surface area contributed by atoms with E-state index in [4.69, 9.17) is 17.3 Å². The Bertz CT molecular complexity index is 710. The van der Waals surface area contributed by atoms with Gasteiger partial charge in [-0.05, 0) is 24.6 Å². The molecule has 0 aliphatic carbocycles. The molecular weight excluding hydrogens is 278 g/mol. The standard InChI is InChI=1S/C14H14ClN3O2/c1-8(19)13-11(6-12(15)18-14(13)20)17-7-9-4-2-3-5-10(9)16/h2-6H,7,16H2,1H3,(H2,17,18,20). The normalized spacial score (nSPS) is 10.3. The second-order valence-electron chi connectivity index (χ2n) is 4.34. The minimum Gasteiger partial charge on any atom is -0.398 e. The molecule has 20 heavy (non-hydrogen) atoms. The van der Waals surface area contributed by atoms with Crippen molar-refractivity contribution in [1.29, 1.82) is 0 Å². The summed E-state index contributed by atoms with van der Waals surface area (Å²) in [4.78, 5) is 25.7. The van der Waals surface area contributed by atoms with Crippen LogP contribution in [0.25, 0.3) is 0 Å². The van der Waals surface area contributed by atoms with Crippen LogP contribution in [0, 0.1) is 0 Å². The Kier molecular flexibility index (Phi) is 4.10. The van der Waals surface area contributed by atoms with Crippen LogP contribution in [-0.4, -0.2) is 10.8 Å². The quantitative estimate of drug-likeness (QED) is 0.458. The first-order valence-electron chi connectivity index (χ1n) is 6.00. The van der Waals surface area contributed by atoms with Gasteiger partial charge in [-0.25, -0.2) is 0 Å². The Labute approximate surface area is 120 Å². The van der Waals surface area contributed by atoms with E-state index in [1.807, 2.05) is 18.2 Å². The van der Waals surface area contributed by atoms with Gasteiger partial charge in [0.05, 0.1) is 5.69 Å². The number of hydrogen-bond donors (Lipinski definition) is 3. The first-order valence-corrected chi connectivity index (χ1v) is 6.38. The van der Waals surface area contributed by atoms with E-state index in [2.05, 4.69) is 10.3 Å². The van der Waals surface area contributed by atoms with Gasteiger partial charge >= 0.3 is 0 Å². The summed E-state index contributed by atoms with van der Waals surface area (Å²) in [5.74, 6) is -0.327. The summed E-state index contributed by atoms with van der Waals surface area (Å²) in [6.45, 7) is 1.73. The number of ketones is 1. The molecule has 0 amide bonds. The molecule has 0 unspecified atom stereocenters. The van der Waals surface area contributed by atoms with Crippen LogP contribution in [0.15, 0.2) is 35.1 Å². The summed E-state index contributed by atoms with van der Waals surface area (Å²) in [5, 5.41) is 3.20. The van der Waals surface area contributed by atoms with Crippen LogP contribution in [0.3, 0.4) is 0 Å². The third-order valence-electron chi connectivity index (χ3n) is 2.88. The molecule has 1 aromatic carbocycles. The Hall–Kier alpha value is -2.27. The van der Waals surface area contributed by atoms with Crippen molar-refractivity contribution < 1.29 is 4.79 Å². The molecule has 0 spiro atoms. The maximum atomic E-state index is 11.8. The van der Waals surface area contributed by atoms with Crippen molar-refractivity contribution in [1.82, 2.24) is 4.98 Å². The third-order valence-corrected chi connectivity index (χ3v) is 3.08. The molecule has 1 heterocycles. The number of nitrogen functional groups attached to an aromatic ring is 1. The van der Waals surface area contributed by atoms with E-state index >= 15 is 0 Å². The molecule has 0 radical (unpaired) electrons. The van der Waals surface area contributed by atoms with Crippen LogP contribution in [-0.2, 0) is 6.54 Å². The van der Waals surface area contributed by atoms with Gasteiger partial charge in [0.15, 0.2) is 5.78 Å². The van der Waals surface area contributed by atoms with E-state index in [1.165, 1.54) is 13.0 Å². The molecule has 0 fully saturated rings. The van der Waals surface area contributed by atoms with Crippen LogP contribution in [0.4, 0.5) is 11.4 Å². The van der Waals surface area contributed by atoms with Crippen molar-refractivity contribution in [3.63, 3.8) is 0 Å². The summed E-state index contributed by atoms with van der Waals surface area (Å²) in [6, 6.07) is 8.87. The highest BCUT2D eigenvalue weighted by Gasteiger charge is 2.13. The van der Waals surface area contributed by atoms with Crippen molar-refractivity contribution in [2.75, 3.05) is 11.1 Å². The number of anilines is 2. The lowest BCUT2D eigenvalue weighted by Gasteiger charge is -2.11. The lowest BCUT2D eigenvalue weighted by molar-refractivity contribution is 0.101. The third kappa shape index (κ3) is 3.00. The SMILES string of the molecule is CC(=O)c1c(NCc2ccccc2N)cc(Cl)[nH]c1=O. The van der Waals surface area contributed by atoms with Gasteiger partial charge in [0.1, 0.15) is 10.7 Å². The van der Waals surface area contributed by atoms with Gasteiger partial charge in [-0.15, -0.1) is 0 Å². The van der Waals surface area contributed by atoms with Crippen molar-refractivity contribution in [2.45, 2.75) is 13.5 Å². The zero-order valence-electron chi connectivity index (χ0n) is 10.9. The van der Waals surface area contributed by atoms with Crippen molar-refractivity contribution in [3.8, 4) is 0 Å². The molecule has 104 valence electrons. The Balaban J connectivity index is 2.32. The maximum Gasteiger partial charge on any atom is 0.262 e. The van der Waals surface area contributed by atoms with Crippen molar-refractivity contribution >= 4 is 28.8 Å². The van der Waals surface area contributed by atoms with E-state index < -0.39 is 5.56 Å². The molecule has 2 rings (SSSR count). The monoisotopic (exact) mass is 291 g/mol. The molecule has 2 aromatic rings. The second kappa shape index (κ2) is 5.79. The number of rotatable bonds is 4. The largest absolute Gasteiger partial charge is 0.398 e. The number of benzene rings is 1. The molecule has 0 saturated heterocycles. The van der Waals surface area contributed by atoms with Crippen LogP contribution in [0.2, 0.25) is 5.15 Å². The minimum absolute atomic E-state index is 0.0592. The summed E-state index contributed by atoms with van der Waals surface area (Å²) in [5.41, 5.74) is 7.31. The van der Waals surface area contributed by atoms with Crippen molar-refractivity contribution in [3.05, 3.63) is 57.0 Å². The van der Waals surface area contributed by atoms with Crippen LogP contribution >= 0.6 is 11.6 Å². The minimum atomic E-state index is -0.506. The summed E-state index contributed by atoms with van der Waals surface area (Å²) in [7, 11) is 0. The average Bonchev–Trinajstić information content (AvgIpc) is 2.36. The zero-order valence-corrected chi connectivity index (χ0v) is 11.6. The number of halogens is 1. The maximum absolute atomic E-state index is 11.8. The molecule has 4 N–H and O–H groups in total. The summed E-state index contributed by atoms with van der Waals surface area (Å²) in [6.07, 6.45) is 0. The summed E-state index contributed by atoms with van der Waals surface area (Å²) < 4.78 is 0. The first-order chi connectivity index (χ1) is 9.49. The lowest BCUT2D eigenvalue weighted by atomic mass is 10.1. The number of hydrogen-bond acceptors (Lipinski definition) is 4. The van der Waals surface area contributed by atoms with E-state index in [-0.39, 0.29) is 16.5 Å². The van der Waals surface area contributed by atoms with Gasteiger partial charge in [0, 0.05) is 12.2 Å². The molecule has 0 aliphatic heterocycles. The molecule has 0 bridgehead atoms. The average molecular weight is 292 g/mol.